The number of fused-ring (bicyclic) bond motifs is 1. The molecule has 4 fully saturated rings. The van der Waals surface area contributed by atoms with E-state index in [0.29, 0.717) is 19.5 Å². The van der Waals surface area contributed by atoms with Gasteiger partial charge in [0.2, 0.25) is 23.5 Å². The lowest BCUT2D eigenvalue weighted by atomic mass is 9.94. The first-order valence-corrected chi connectivity index (χ1v) is 13.3. The molecular weight excluding hydrogens is 510 g/mol. The number of hydrogen-bond donors (Lipinski definition) is 3. The second kappa shape index (κ2) is 10.2. The fourth-order valence-electron chi connectivity index (χ4n) is 5.99. The summed E-state index contributed by atoms with van der Waals surface area (Å²) in [5.74, 6) is -5.12. The molecular formula is C28H32F2N4O5. The van der Waals surface area contributed by atoms with Crippen molar-refractivity contribution >= 4 is 35.5 Å². The summed E-state index contributed by atoms with van der Waals surface area (Å²) < 4.78 is 27.3. The van der Waals surface area contributed by atoms with E-state index >= 15 is 0 Å². The van der Waals surface area contributed by atoms with Gasteiger partial charge in [0.15, 0.2) is 0 Å². The summed E-state index contributed by atoms with van der Waals surface area (Å²) in [6.45, 7) is 4.76. The Hall–Kier alpha value is -3.63. The third-order valence-electron chi connectivity index (χ3n) is 8.58. The highest BCUT2D eigenvalue weighted by Gasteiger charge is 2.69. The summed E-state index contributed by atoms with van der Waals surface area (Å²) in [4.78, 5) is 66.1. The van der Waals surface area contributed by atoms with Crippen molar-refractivity contribution in [2.75, 3.05) is 13.1 Å². The number of halogens is 2. The van der Waals surface area contributed by atoms with Gasteiger partial charge in [-0.2, -0.15) is 0 Å². The molecule has 39 heavy (non-hydrogen) atoms. The number of carbonyl (C=O) groups excluding carboxylic acids is 5. The van der Waals surface area contributed by atoms with E-state index in [1.165, 1.54) is 17.0 Å². The van der Waals surface area contributed by atoms with Crippen LogP contribution in [0.25, 0.3) is 6.08 Å². The van der Waals surface area contributed by atoms with Crippen molar-refractivity contribution in [3.63, 3.8) is 0 Å². The van der Waals surface area contributed by atoms with E-state index in [2.05, 4.69) is 16.0 Å². The first kappa shape index (κ1) is 27.0. The van der Waals surface area contributed by atoms with Gasteiger partial charge < -0.3 is 20.9 Å². The van der Waals surface area contributed by atoms with Crippen molar-refractivity contribution in [2.45, 2.75) is 57.7 Å². The second-order valence-electron chi connectivity index (χ2n) is 11.6. The third kappa shape index (κ3) is 5.44. The molecule has 2 saturated heterocycles. The molecule has 4 aliphatic rings. The van der Waals surface area contributed by atoms with Crippen LogP contribution in [0.15, 0.2) is 24.3 Å². The molecule has 0 spiro atoms. The third-order valence-corrected chi connectivity index (χ3v) is 8.58. The van der Waals surface area contributed by atoms with Crippen LogP contribution in [0, 0.1) is 34.8 Å². The summed E-state index contributed by atoms with van der Waals surface area (Å²) in [5, 5.41) is 8.05. The lowest BCUT2D eigenvalue weighted by Gasteiger charge is -2.30. The number of nitrogens with one attached hydrogen (secondary N) is 3. The number of likely N-dealkylation sites (tertiary alicyclic amines) is 1. The summed E-state index contributed by atoms with van der Waals surface area (Å²) in [6.07, 6.45) is 4.41. The SMILES string of the molecule is CC1(C)C2CN(C(=O)C=Cc3ccc(F)cc3F)C(C(=O)NC(CC3CCNC3=O)C(=O)C(=O)NC3CC3)C21. The molecule has 0 bridgehead atoms. The van der Waals surface area contributed by atoms with Crippen molar-refractivity contribution in [3.05, 3.63) is 41.5 Å². The van der Waals surface area contributed by atoms with E-state index in [0.717, 1.165) is 31.1 Å². The normalized spacial score (nSPS) is 27.6. The zero-order valence-electron chi connectivity index (χ0n) is 21.8. The molecule has 0 radical (unpaired) electrons. The highest BCUT2D eigenvalue weighted by molar-refractivity contribution is 6.38. The number of ketones is 1. The molecule has 2 aliphatic carbocycles. The van der Waals surface area contributed by atoms with Crippen LogP contribution in [0.1, 0.15) is 45.1 Å². The number of benzene rings is 1. The first-order valence-electron chi connectivity index (χ1n) is 13.3. The Kier molecular flexibility index (Phi) is 7.02. The van der Waals surface area contributed by atoms with Gasteiger partial charge >= 0.3 is 0 Å². The molecule has 208 valence electrons. The second-order valence-corrected chi connectivity index (χ2v) is 11.6. The van der Waals surface area contributed by atoms with E-state index in [1.54, 1.807) is 0 Å². The van der Waals surface area contributed by atoms with E-state index in [1.807, 2.05) is 13.8 Å². The van der Waals surface area contributed by atoms with E-state index < -0.39 is 53.1 Å². The number of nitrogens with zero attached hydrogens (tertiary/aromatic N) is 1. The highest BCUT2D eigenvalue weighted by atomic mass is 19.1. The highest BCUT2D eigenvalue weighted by Crippen LogP contribution is 2.64. The number of rotatable bonds is 9. The summed E-state index contributed by atoms with van der Waals surface area (Å²) in [5.41, 5.74) is -0.183. The minimum Gasteiger partial charge on any atom is -0.356 e. The Labute approximate surface area is 224 Å². The fourth-order valence-corrected chi connectivity index (χ4v) is 5.99. The van der Waals surface area contributed by atoms with Gasteiger partial charge in [-0.05, 0) is 61.1 Å². The number of amides is 4. The summed E-state index contributed by atoms with van der Waals surface area (Å²) in [6, 6.07) is 0.839. The lowest BCUT2D eigenvalue weighted by molar-refractivity contribution is -0.142. The Bertz CT molecular complexity index is 1260. The number of hydrogen-bond acceptors (Lipinski definition) is 5. The van der Waals surface area contributed by atoms with Gasteiger partial charge in [-0.3, -0.25) is 24.0 Å². The van der Waals surface area contributed by atoms with Gasteiger partial charge in [0, 0.05) is 42.8 Å². The average molecular weight is 543 g/mol. The molecule has 5 rings (SSSR count). The van der Waals surface area contributed by atoms with Crippen molar-refractivity contribution in [2.24, 2.45) is 23.2 Å². The van der Waals surface area contributed by atoms with Crippen LogP contribution in [0.4, 0.5) is 8.78 Å². The van der Waals surface area contributed by atoms with Crippen LogP contribution in [-0.2, 0) is 24.0 Å². The first-order chi connectivity index (χ1) is 18.5. The van der Waals surface area contributed by atoms with Crippen LogP contribution in [0.5, 0.6) is 0 Å². The van der Waals surface area contributed by atoms with E-state index in [4.69, 9.17) is 0 Å². The maximum Gasteiger partial charge on any atom is 0.289 e. The van der Waals surface area contributed by atoms with Crippen molar-refractivity contribution in [3.8, 4) is 0 Å². The molecule has 2 saturated carbocycles. The quantitative estimate of drug-likeness (QED) is 0.321. The van der Waals surface area contributed by atoms with Crippen LogP contribution in [0.3, 0.4) is 0 Å². The van der Waals surface area contributed by atoms with Crippen molar-refractivity contribution in [1.29, 1.82) is 0 Å². The average Bonchev–Trinajstić information content (AvgIpc) is 3.64. The Morgan fingerprint density at radius 3 is 2.56 bits per heavy atom. The molecule has 5 atom stereocenters. The Morgan fingerprint density at radius 1 is 1.18 bits per heavy atom. The van der Waals surface area contributed by atoms with Gasteiger partial charge in [-0.15, -0.1) is 0 Å². The van der Waals surface area contributed by atoms with E-state index in [9.17, 15) is 32.8 Å². The van der Waals surface area contributed by atoms with Gasteiger partial charge in [0.1, 0.15) is 17.7 Å². The molecule has 9 nitrogen and oxygen atoms in total. The zero-order chi connectivity index (χ0) is 28.1. The standard InChI is InChI=1S/C28H32F2N4O5/c1-28(2)18-13-34(21(35)8-4-14-3-5-16(29)12-19(14)30)23(22(18)28)26(38)33-20(11-15-9-10-31-25(15)37)24(36)27(39)32-17-6-7-17/h3-5,8,12,15,17-18,20,22-23H,6-7,9-11,13H2,1-2H3,(H,31,37)(H,32,39)(H,33,38). The molecule has 11 heteroatoms. The van der Waals surface area contributed by atoms with Gasteiger partial charge in [0.05, 0.1) is 6.04 Å². The maximum absolute atomic E-state index is 14.0. The number of piperidine rings is 1. The van der Waals surface area contributed by atoms with Gasteiger partial charge in [-0.1, -0.05) is 13.8 Å². The Morgan fingerprint density at radius 2 is 1.92 bits per heavy atom. The van der Waals surface area contributed by atoms with E-state index in [-0.39, 0.29) is 41.2 Å². The summed E-state index contributed by atoms with van der Waals surface area (Å²) >= 11 is 0. The Balaban J connectivity index is 1.33. The molecule has 1 aromatic carbocycles. The molecule has 4 amide bonds. The molecule has 1 aromatic rings. The van der Waals surface area contributed by atoms with Gasteiger partial charge in [0.25, 0.3) is 5.91 Å². The van der Waals surface area contributed by atoms with Crippen LogP contribution in [0.2, 0.25) is 0 Å². The molecule has 2 heterocycles. The fraction of sp³-hybridized carbons (Fsp3) is 0.536. The monoisotopic (exact) mass is 542 g/mol. The minimum absolute atomic E-state index is 0.0175. The lowest BCUT2D eigenvalue weighted by Crippen LogP contribution is -2.55. The summed E-state index contributed by atoms with van der Waals surface area (Å²) in [7, 11) is 0. The number of carbonyl (C=O) groups is 5. The minimum atomic E-state index is -1.22. The predicted molar refractivity (Wildman–Crippen MR) is 135 cm³/mol. The van der Waals surface area contributed by atoms with Crippen LogP contribution >= 0.6 is 0 Å². The molecule has 0 aromatic heterocycles. The molecule has 2 aliphatic heterocycles. The zero-order valence-corrected chi connectivity index (χ0v) is 21.8. The van der Waals surface area contributed by atoms with Crippen LogP contribution < -0.4 is 16.0 Å². The topological polar surface area (TPSA) is 125 Å². The van der Waals surface area contributed by atoms with Crippen molar-refractivity contribution < 1.29 is 32.8 Å². The predicted octanol–water partition coefficient (Wildman–Crippen LogP) is 1.32. The van der Waals surface area contributed by atoms with Crippen molar-refractivity contribution in [1.82, 2.24) is 20.9 Å². The number of Topliss-reactive ketones (excluding diaryl/α,β-unsaturated/α-hetero) is 1. The molecule has 5 unspecified atom stereocenters. The maximum atomic E-state index is 14.0. The smallest absolute Gasteiger partial charge is 0.289 e. The van der Waals surface area contributed by atoms with Gasteiger partial charge in [-0.25, -0.2) is 8.78 Å². The van der Waals surface area contributed by atoms with Crippen LogP contribution in [-0.4, -0.2) is 65.5 Å². The molecule has 3 N–H and O–H groups in total. The largest absolute Gasteiger partial charge is 0.356 e.